The van der Waals surface area contributed by atoms with E-state index in [1.54, 1.807) is 0 Å². The molecule has 2 heteroatoms. The summed E-state index contributed by atoms with van der Waals surface area (Å²) < 4.78 is 0. The molecule has 1 N–H and O–H groups in total. The first-order valence-corrected chi connectivity index (χ1v) is 8.25. The Balaban J connectivity index is 1.89. The van der Waals surface area contributed by atoms with Crippen LogP contribution in [-0.4, -0.2) is 20.1 Å². The molecular weight excluding hydrogens is 244 g/mol. The lowest BCUT2D eigenvalue weighted by Crippen LogP contribution is -2.24. The van der Waals surface area contributed by atoms with Crippen LogP contribution in [0.4, 0.5) is 5.69 Å². The lowest BCUT2D eigenvalue weighted by atomic mass is 10.1. The summed E-state index contributed by atoms with van der Waals surface area (Å²) in [7, 11) is 2.23. The van der Waals surface area contributed by atoms with Crippen molar-refractivity contribution >= 4 is 5.69 Å². The van der Waals surface area contributed by atoms with Gasteiger partial charge in [-0.2, -0.15) is 0 Å². The van der Waals surface area contributed by atoms with E-state index in [9.17, 15) is 0 Å². The fourth-order valence-corrected chi connectivity index (χ4v) is 3.18. The maximum Gasteiger partial charge on any atom is 0.0363 e. The van der Waals surface area contributed by atoms with Gasteiger partial charge in [0.2, 0.25) is 0 Å². The molecule has 0 aromatic heterocycles. The molecule has 1 aromatic carbocycles. The molecule has 1 saturated carbocycles. The van der Waals surface area contributed by atoms with Gasteiger partial charge in [0.05, 0.1) is 0 Å². The van der Waals surface area contributed by atoms with Crippen molar-refractivity contribution in [2.75, 3.05) is 25.0 Å². The summed E-state index contributed by atoms with van der Waals surface area (Å²) in [6, 6.07) is 9.54. The van der Waals surface area contributed by atoms with Crippen LogP contribution in [0, 0.1) is 5.92 Å². The van der Waals surface area contributed by atoms with Gasteiger partial charge in [0, 0.05) is 25.3 Å². The minimum atomic E-state index is 0.448. The number of benzene rings is 1. The van der Waals surface area contributed by atoms with E-state index in [2.05, 4.69) is 55.4 Å². The Hall–Kier alpha value is -1.02. The molecule has 0 radical (unpaired) electrons. The average Bonchev–Trinajstić information content (AvgIpc) is 2.97. The second-order valence-corrected chi connectivity index (χ2v) is 6.30. The summed E-state index contributed by atoms with van der Waals surface area (Å²) in [6.45, 7) is 6.75. The van der Waals surface area contributed by atoms with Crippen LogP contribution < -0.4 is 10.2 Å². The van der Waals surface area contributed by atoms with Gasteiger partial charge >= 0.3 is 0 Å². The highest BCUT2D eigenvalue weighted by Gasteiger charge is 2.17. The Kier molecular flexibility index (Phi) is 5.90. The molecule has 20 heavy (non-hydrogen) atoms. The van der Waals surface area contributed by atoms with E-state index in [1.165, 1.54) is 49.9 Å². The third kappa shape index (κ3) is 4.24. The molecule has 0 saturated heterocycles. The quantitative estimate of drug-likeness (QED) is 0.794. The minimum Gasteiger partial charge on any atom is -0.374 e. The standard InChI is InChI=1S/C18H30N2/c1-4-13-19-15(2)17-9-11-18(12-10-17)20(3)14-16-7-5-6-8-16/h9-12,15-16,19H,4-8,13-14H2,1-3H3. The van der Waals surface area contributed by atoms with Crippen LogP contribution in [0.1, 0.15) is 57.6 Å². The van der Waals surface area contributed by atoms with Gasteiger partial charge in [-0.3, -0.25) is 0 Å². The van der Waals surface area contributed by atoms with Crippen molar-refractivity contribution in [1.29, 1.82) is 0 Å². The Bertz CT molecular complexity index is 379. The van der Waals surface area contributed by atoms with E-state index in [4.69, 9.17) is 0 Å². The summed E-state index contributed by atoms with van der Waals surface area (Å²) >= 11 is 0. The predicted molar refractivity (Wildman–Crippen MR) is 88.4 cm³/mol. The van der Waals surface area contributed by atoms with Crippen LogP contribution in [-0.2, 0) is 0 Å². The third-order valence-electron chi connectivity index (χ3n) is 4.54. The Morgan fingerprint density at radius 1 is 1.20 bits per heavy atom. The van der Waals surface area contributed by atoms with Crippen LogP contribution in [0.3, 0.4) is 0 Å². The maximum atomic E-state index is 3.54. The summed E-state index contributed by atoms with van der Waals surface area (Å²) in [4.78, 5) is 2.42. The summed E-state index contributed by atoms with van der Waals surface area (Å²) in [6.07, 6.45) is 6.88. The van der Waals surface area contributed by atoms with Crippen LogP contribution in [0.15, 0.2) is 24.3 Å². The van der Waals surface area contributed by atoms with Crippen molar-refractivity contribution in [3.05, 3.63) is 29.8 Å². The average molecular weight is 274 g/mol. The number of rotatable bonds is 7. The van der Waals surface area contributed by atoms with E-state index < -0.39 is 0 Å². The molecule has 0 aliphatic heterocycles. The Morgan fingerprint density at radius 3 is 2.45 bits per heavy atom. The van der Waals surface area contributed by atoms with Gasteiger partial charge in [0.1, 0.15) is 0 Å². The smallest absolute Gasteiger partial charge is 0.0363 e. The van der Waals surface area contributed by atoms with Crippen LogP contribution in [0.25, 0.3) is 0 Å². The number of anilines is 1. The second kappa shape index (κ2) is 7.68. The third-order valence-corrected chi connectivity index (χ3v) is 4.54. The molecule has 0 amide bonds. The molecule has 0 spiro atoms. The first-order chi connectivity index (χ1) is 9.70. The highest BCUT2D eigenvalue weighted by atomic mass is 15.1. The Morgan fingerprint density at radius 2 is 1.85 bits per heavy atom. The number of hydrogen-bond acceptors (Lipinski definition) is 2. The summed E-state index contributed by atoms with van der Waals surface area (Å²) in [5.74, 6) is 0.907. The first-order valence-electron chi connectivity index (χ1n) is 8.25. The van der Waals surface area contributed by atoms with Crippen molar-refractivity contribution in [2.24, 2.45) is 5.92 Å². The normalized spacial score (nSPS) is 17.4. The fourth-order valence-electron chi connectivity index (χ4n) is 3.18. The van der Waals surface area contributed by atoms with Gasteiger partial charge in [0.15, 0.2) is 0 Å². The lowest BCUT2D eigenvalue weighted by Gasteiger charge is -2.24. The van der Waals surface area contributed by atoms with Crippen LogP contribution in [0.5, 0.6) is 0 Å². The van der Waals surface area contributed by atoms with Gasteiger partial charge in [0.25, 0.3) is 0 Å². The maximum absolute atomic E-state index is 3.54. The van der Waals surface area contributed by atoms with Gasteiger partial charge in [-0.15, -0.1) is 0 Å². The zero-order valence-electron chi connectivity index (χ0n) is 13.4. The number of nitrogens with one attached hydrogen (secondary N) is 1. The molecule has 1 aliphatic rings. The van der Waals surface area contributed by atoms with Gasteiger partial charge in [-0.1, -0.05) is 31.9 Å². The van der Waals surface area contributed by atoms with Crippen molar-refractivity contribution in [3.8, 4) is 0 Å². The first kappa shape index (κ1) is 15.4. The molecule has 2 nitrogen and oxygen atoms in total. The number of nitrogens with zero attached hydrogens (tertiary/aromatic N) is 1. The van der Waals surface area contributed by atoms with Crippen LogP contribution in [0.2, 0.25) is 0 Å². The largest absolute Gasteiger partial charge is 0.374 e. The summed E-state index contributed by atoms with van der Waals surface area (Å²) in [5, 5.41) is 3.54. The van der Waals surface area contributed by atoms with E-state index >= 15 is 0 Å². The van der Waals surface area contributed by atoms with Gasteiger partial charge in [-0.05, 0) is 56.3 Å². The van der Waals surface area contributed by atoms with Gasteiger partial charge in [-0.25, -0.2) is 0 Å². The highest BCUT2D eigenvalue weighted by Crippen LogP contribution is 2.27. The molecule has 0 heterocycles. The zero-order valence-corrected chi connectivity index (χ0v) is 13.4. The SMILES string of the molecule is CCCNC(C)c1ccc(N(C)CC2CCCC2)cc1. The molecule has 1 aromatic rings. The van der Waals surface area contributed by atoms with E-state index in [0.717, 1.165) is 12.5 Å². The highest BCUT2D eigenvalue weighted by molar-refractivity contribution is 5.47. The zero-order chi connectivity index (χ0) is 14.4. The second-order valence-electron chi connectivity index (χ2n) is 6.30. The molecule has 1 aliphatic carbocycles. The molecule has 112 valence electrons. The molecule has 1 unspecified atom stereocenters. The van der Waals surface area contributed by atoms with Crippen molar-refractivity contribution in [2.45, 2.75) is 52.0 Å². The number of hydrogen-bond donors (Lipinski definition) is 1. The fraction of sp³-hybridized carbons (Fsp3) is 0.667. The van der Waals surface area contributed by atoms with Crippen molar-refractivity contribution < 1.29 is 0 Å². The predicted octanol–water partition coefficient (Wildman–Crippen LogP) is 4.37. The van der Waals surface area contributed by atoms with E-state index in [-0.39, 0.29) is 0 Å². The van der Waals surface area contributed by atoms with Crippen molar-refractivity contribution in [1.82, 2.24) is 5.32 Å². The molecule has 1 fully saturated rings. The minimum absolute atomic E-state index is 0.448. The molecule has 2 rings (SSSR count). The van der Waals surface area contributed by atoms with Gasteiger partial charge < -0.3 is 10.2 Å². The molecular formula is C18H30N2. The van der Waals surface area contributed by atoms with E-state index in [1.807, 2.05) is 0 Å². The van der Waals surface area contributed by atoms with E-state index in [0.29, 0.717) is 6.04 Å². The van der Waals surface area contributed by atoms with Crippen LogP contribution >= 0.6 is 0 Å². The summed E-state index contributed by atoms with van der Waals surface area (Å²) in [5.41, 5.74) is 2.74. The monoisotopic (exact) mass is 274 g/mol. The topological polar surface area (TPSA) is 15.3 Å². The lowest BCUT2D eigenvalue weighted by molar-refractivity contribution is 0.546. The molecule has 0 bridgehead atoms. The Labute approximate surface area is 124 Å². The molecule has 1 atom stereocenters. The van der Waals surface area contributed by atoms with Crippen molar-refractivity contribution in [3.63, 3.8) is 0 Å².